The van der Waals surface area contributed by atoms with Gasteiger partial charge in [0.15, 0.2) is 0 Å². The maximum Gasteiger partial charge on any atom is 0.0795 e. The number of likely N-dealkylation sites (tertiary alicyclic amines) is 1. The summed E-state index contributed by atoms with van der Waals surface area (Å²) < 4.78 is 0. The molecule has 0 saturated carbocycles. The van der Waals surface area contributed by atoms with Crippen molar-refractivity contribution < 1.29 is 0 Å². The van der Waals surface area contributed by atoms with Crippen molar-refractivity contribution in [1.82, 2.24) is 15.2 Å². The fourth-order valence-electron chi connectivity index (χ4n) is 3.13. The highest BCUT2D eigenvalue weighted by atomic mass is 32.1. The molecule has 0 aromatic carbocycles. The van der Waals surface area contributed by atoms with Gasteiger partial charge in [-0.1, -0.05) is 13.3 Å². The van der Waals surface area contributed by atoms with Crippen molar-refractivity contribution >= 4 is 11.3 Å². The molecule has 1 aromatic heterocycles. The molecule has 0 aliphatic carbocycles. The van der Waals surface area contributed by atoms with Crippen molar-refractivity contribution in [3.8, 4) is 0 Å². The van der Waals surface area contributed by atoms with Crippen LogP contribution < -0.4 is 5.32 Å². The molecule has 0 amide bonds. The fraction of sp³-hybridized carbons (Fsp3) is 0.786. The topological polar surface area (TPSA) is 28.2 Å². The second-order valence-electron chi connectivity index (χ2n) is 5.21. The first-order valence-corrected chi connectivity index (χ1v) is 8.07. The number of aromatic nitrogens is 1. The number of rotatable bonds is 5. The van der Waals surface area contributed by atoms with Gasteiger partial charge in [0.1, 0.15) is 0 Å². The van der Waals surface area contributed by atoms with E-state index in [9.17, 15) is 0 Å². The minimum absolute atomic E-state index is 0.520. The van der Waals surface area contributed by atoms with E-state index in [0.29, 0.717) is 12.0 Å². The normalized spacial score (nSPS) is 26.1. The molecule has 4 heteroatoms. The summed E-state index contributed by atoms with van der Waals surface area (Å²) in [5.41, 5.74) is 3.26. The average molecular weight is 267 g/mol. The molecular formula is C14H25N3S. The highest BCUT2D eigenvalue weighted by Crippen LogP contribution is 2.34. The Morgan fingerprint density at radius 1 is 1.50 bits per heavy atom. The van der Waals surface area contributed by atoms with Gasteiger partial charge >= 0.3 is 0 Å². The molecule has 0 spiro atoms. The zero-order chi connectivity index (χ0) is 12.8. The molecule has 0 radical (unpaired) electrons. The summed E-state index contributed by atoms with van der Waals surface area (Å²) in [7, 11) is 2.06. The summed E-state index contributed by atoms with van der Waals surface area (Å²) in [6.07, 6.45) is 5.24. The Bertz CT molecular complexity index is 310. The monoisotopic (exact) mass is 267 g/mol. The van der Waals surface area contributed by atoms with Gasteiger partial charge in [-0.25, -0.2) is 4.98 Å². The van der Waals surface area contributed by atoms with E-state index in [1.807, 2.05) is 5.51 Å². The van der Waals surface area contributed by atoms with Crippen LogP contribution in [0.1, 0.15) is 44.3 Å². The van der Waals surface area contributed by atoms with Gasteiger partial charge in [-0.2, -0.15) is 0 Å². The third-order valence-corrected chi connectivity index (χ3v) is 4.45. The Labute approximate surface area is 115 Å². The van der Waals surface area contributed by atoms with Gasteiger partial charge in [-0.3, -0.25) is 4.90 Å². The molecule has 1 aliphatic heterocycles. The smallest absolute Gasteiger partial charge is 0.0795 e. The van der Waals surface area contributed by atoms with Gasteiger partial charge < -0.3 is 5.32 Å². The lowest BCUT2D eigenvalue weighted by Crippen LogP contribution is -2.37. The Morgan fingerprint density at radius 2 is 2.39 bits per heavy atom. The fourth-order valence-corrected chi connectivity index (χ4v) is 3.71. The van der Waals surface area contributed by atoms with E-state index >= 15 is 0 Å². The molecular weight excluding hydrogens is 242 g/mol. The van der Waals surface area contributed by atoms with E-state index in [1.54, 1.807) is 11.3 Å². The molecule has 2 unspecified atom stereocenters. The van der Waals surface area contributed by atoms with Crippen molar-refractivity contribution in [3.63, 3.8) is 0 Å². The number of nitrogens with zero attached hydrogens (tertiary/aromatic N) is 2. The summed E-state index contributed by atoms with van der Waals surface area (Å²) in [5.74, 6) is 0.700. The van der Waals surface area contributed by atoms with E-state index in [-0.39, 0.29) is 0 Å². The molecule has 2 heterocycles. The van der Waals surface area contributed by atoms with Crippen molar-refractivity contribution in [1.29, 1.82) is 0 Å². The van der Waals surface area contributed by atoms with Crippen LogP contribution in [0.2, 0.25) is 0 Å². The van der Waals surface area contributed by atoms with Gasteiger partial charge in [0.05, 0.1) is 17.2 Å². The molecule has 0 bridgehead atoms. The first-order chi connectivity index (χ1) is 8.86. The van der Waals surface area contributed by atoms with Crippen LogP contribution in [0.3, 0.4) is 0 Å². The van der Waals surface area contributed by atoms with Gasteiger partial charge in [-0.05, 0) is 51.9 Å². The zero-order valence-electron chi connectivity index (χ0n) is 11.6. The molecule has 18 heavy (non-hydrogen) atoms. The second kappa shape index (κ2) is 7.22. The van der Waals surface area contributed by atoms with Crippen LogP contribution in [-0.2, 0) is 0 Å². The van der Waals surface area contributed by atoms with Gasteiger partial charge in [0.2, 0.25) is 0 Å². The van der Waals surface area contributed by atoms with Crippen LogP contribution in [0.25, 0.3) is 0 Å². The number of thiazole rings is 1. The Balaban J connectivity index is 2.21. The van der Waals surface area contributed by atoms with Crippen LogP contribution in [0.15, 0.2) is 10.9 Å². The minimum Gasteiger partial charge on any atom is -0.319 e. The molecule has 2 atom stereocenters. The van der Waals surface area contributed by atoms with Crippen molar-refractivity contribution in [3.05, 3.63) is 16.6 Å². The Morgan fingerprint density at radius 3 is 3.06 bits per heavy atom. The molecule has 1 saturated heterocycles. The summed E-state index contributed by atoms with van der Waals surface area (Å²) in [6, 6.07) is 0.520. The number of hydrogen-bond donors (Lipinski definition) is 1. The van der Waals surface area contributed by atoms with Crippen LogP contribution in [0.4, 0.5) is 0 Å². The van der Waals surface area contributed by atoms with Gasteiger partial charge in [0, 0.05) is 5.38 Å². The molecule has 102 valence electrons. The van der Waals surface area contributed by atoms with E-state index in [1.165, 1.54) is 44.5 Å². The lowest BCUT2D eigenvalue weighted by atomic mass is 9.92. The maximum atomic E-state index is 4.60. The second-order valence-corrected chi connectivity index (χ2v) is 5.93. The van der Waals surface area contributed by atoms with Crippen molar-refractivity contribution in [2.24, 2.45) is 5.92 Å². The van der Waals surface area contributed by atoms with Crippen LogP contribution >= 0.6 is 11.3 Å². The summed E-state index contributed by atoms with van der Waals surface area (Å²) in [4.78, 5) is 7.25. The third-order valence-electron chi connectivity index (χ3n) is 3.84. The molecule has 2 rings (SSSR count). The molecule has 1 aliphatic rings. The highest BCUT2D eigenvalue weighted by molar-refractivity contribution is 7.07. The van der Waals surface area contributed by atoms with E-state index in [4.69, 9.17) is 0 Å². The average Bonchev–Trinajstić information content (AvgIpc) is 2.81. The van der Waals surface area contributed by atoms with Crippen LogP contribution in [-0.4, -0.2) is 36.6 Å². The molecule has 1 fully saturated rings. The summed E-state index contributed by atoms with van der Waals surface area (Å²) in [5, 5.41) is 5.61. The predicted octanol–water partition coefficient (Wildman–Crippen LogP) is 2.92. The Kier molecular flexibility index (Phi) is 5.60. The lowest BCUT2D eigenvalue weighted by molar-refractivity contribution is 0.151. The maximum absolute atomic E-state index is 4.60. The molecule has 3 nitrogen and oxygen atoms in total. The number of hydrogen-bond acceptors (Lipinski definition) is 4. The SMILES string of the molecule is CCCN1CCCCC(CNC)C1c1cscn1. The number of nitrogens with one attached hydrogen (secondary N) is 1. The standard InChI is InChI=1S/C14H25N3S/c1-3-7-17-8-5-4-6-12(9-15-2)14(17)13-10-18-11-16-13/h10-12,14-15H,3-9H2,1-2H3. The first kappa shape index (κ1) is 14.0. The summed E-state index contributed by atoms with van der Waals surface area (Å²) in [6.45, 7) is 5.80. The highest BCUT2D eigenvalue weighted by Gasteiger charge is 2.31. The summed E-state index contributed by atoms with van der Waals surface area (Å²) >= 11 is 1.72. The van der Waals surface area contributed by atoms with E-state index in [2.05, 4.69) is 34.6 Å². The zero-order valence-corrected chi connectivity index (χ0v) is 12.4. The predicted molar refractivity (Wildman–Crippen MR) is 78.0 cm³/mol. The molecule has 1 N–H and O–H groups in total. The van der Waals surface area contributed by atoms with Crippen LogP contribution in [0, 0.1) is 5.92 Å². The van der Waals surface area contributed by atoms with Crippen LogP contribution in [0.5, 0.6) is 0 Å². The van der Waals surface area contributed by atoms with Crippen molar-refractivity contribution in [2.45, 2.75) is 38.6 Å². The molecule has 1 aromatic rings. The van der Waals surface area contributed by atoms with E-state index in [0.717, 1.165) is 6.54 Å². The van der Waals surface area contributed by atoms with E-state index < -0.39 is 0 Å². The largest absolute Gasteiger partial charge is 0.319 e. The first-order valence-electron chi connectivity index (χ1n) is 7.13. The third kappa shape index (κ3) is 3.31. The quantitative estimate of drug-likeness (QED) is 0.889. The van der Waals surface area contributed by atoms with Crippen molar-refractivity contribution in [2.75, 3.05) is 26.7 Å². The minimum atomic E-state index is 0.520. The van der Waals surface area contributed by atoms with Gasteiger partial charge in [-0.15, -0.1) is 11.3 Å². The van der Waals surface area contributed by atoms with Gasteiger partial charge in [0.25, 0.3) is 0 Å². The lowest BCUT2D eigenvalue weighted by Gasteiger charge is -2.33. The Hall–Kier alpha value is -0.450.